The van der Waals surface area contributed by atoms with E-state index in [-0.39, 0.29) is 16.9 Å². The maximum Gasteiger partial charge on any atom is 0.416 e. The minimum atomic E-state index is -4.55. The van der Waals surface area contributed by atoms with Gasteiger partial charge in [0.15, 0.2) is 0 Å². The number of hydrogen-bond acceptors (Lipinski definition) is 3. The molecule has 0 fully saturated rings. The molecular weight excluding hydrogens is 285 g/mol. The average molecular weight is 294 g/mol. The standard InChI is InChI=1S/C13H9F3N4O/c1-20-6-11(18-7-20)12(21)19-10-3-2-9(13(14,15)16)4-8(10)5-17/h2-4,6-7H,1H3,(H,19,21). The number of amides is 1. The van der Waals surface area contributed by atoms with Crippen LogP contribution in [0.2, 0.25) is 0 Å². The molecule has 1 aromatic heterocycles. The molecule has 0 radical (unpaired) electrons. The lowest BCUT2D eigenvalue weighted by Gasteiger charge is -2.10. The van der Waals surface area contributed by atoms with Crippen molar-refractivity contribution in [2.24, 2.45) is 7.05 Å². The first kappa shape index (κ1) is 14.6. The number of nitrogens with one attached hydrogen (secondary N) is 1. The second-order valence-corrected chi connectivity index (χ2v) is 4.25. The van der Waals surface area contributed by atoms with E-state index in [4.69, 9.17) is 5.26 Å². The summed E-state index contributed by atoms with van der Waals surface area (Å²) in [5.41, 5.74) is -1.12. The van der Waals surface area contributed by atoms with E-state index in [9.17, 15) is 18.0 Å². The summed E-state index contributed by atoms with van der Waals surface area (Å²) in [6, 6.07) is 4.16. The molecule has 0 saturated carbocycles. The molecule has 0 aliphatic rings. The molecule has 1 aromatic carbocycles. The van der Waals surface area contributed by atoms with Gasteiger partial charge in [-0.15, -0.1) is 0 Å². The van der Waals surface area contributed by atoms with Crippen molar-refractivity contribution in [3.63, 3.8) is 0 Å². The molecule has 1 amide bonds. The number of aromatic nitrogens is 2. The Bertz CT molecular complexity index is 728. The number of hydrogen-bond donors (Lipinski definition) is 1. The summed E-state index contributed by atoms with van der Waals surface area (Å²) in [5.74, 6) is -0.605. The fraction of sp³-hybridized carbons (Fsp3) is 0.154. The molecule has 0 aliphatic carbocycles. The third-order valence-corrected chi connectivity index (χ3v) is 2.65. The zero-order valence-electron chi connectivity index (χ0n) is 10.8. The van der Waals surface area contributed by atoms with Gasteiger partial charge in [-0.3, -0.25) is 4.79 Å². The predicted octanol–water partition coefficient (Wildman–Crippen LogP) is 2.56. The number of carbonyl (C=O) groups excluding carboxylic acids is 1. The highest BCUT2D eigenvalue weighted by atomic mass is 19.4. The van der Waals surface area contributed by atoms with Crippen LogP contribution in [0.4, 0.5) is 18.9 Å². The quantitative estimate of drug-likeness (QED) is 0.925. The SMILES string of the molecule is Cn1cnc(C(=O)Nc2ccc(C(F)(F)F)cc2C#N)c1. The molecule has 5 nitrogen and oxygen atoms in total. The van der Waals surface area contributed by atoms with E-state index in [2.05, 4.69) is 10.3 Å². The molecule has 21 heavy (non-hydrogen) atoms. The van der Waals surface area contributed by atoms with Gasteiger partial charge in [0.2, 0.25) is 0 Å². The third kappa shape index (κ3) is 3.20. The van der Waals surface area contributed by atoms with E-state index >= 15 is 0 Å². The van der Waals surface area contributed by atoms with E-state index in [1.807, 2.05) is 0 Å². The normalized spacial score (nSPS) is 11.0. The molecule has 0 unspecified atom stereocenters. The molecule has 0 bridgehead atoms. The maximum atomic E-state index is 12.6. The van der Waals surface area contributed by atoms with Crippen LogP contribution in [0, 0.1) is 11.3 Å². The minimum Gasteiger partial charge on any atom is -0.340 e. The number of anilines is 1. The van der Waals surface area contributed by atoms with Crippen LogP contribution in [-0.2, 0) is 13.2 Å². The number of alkyl halides is 3. The first-order valence-corrected chi connectivity index (χ1v) is 5.72. The summed E-state index contributed by atoms with van der Waals surface area (Å²) in [6.07, 6.45) is -1.69. The molecule has 0 saturated heterocycles. The Balaban J connectivity index is 2.29. The van der Waals surface area contributed by atoms with Crippen LogP contribution in [0.3, 0.4) is 0 Å². The van der Waals surface area contributed by atoms with Crippen molar-refractivity contribution in [1.29, 1.82) is 5.26 Å². The predicted molar refractivity (Wildman–Crippen MR) is 67.3 cm³/mol. The third-order valence-electron chi connectivity index (χ3n) is 2.65. The molecule has 0 atom stereocenters. The number of benzene rings is 1. The topological polar surface area (TPSA) is 70.7 Å². The van der Waals surface area contributed by atoms with Crippen LogP contribution in [0.1, 0.15) is 21.6 Å². The van der Waals surface area contributed by atoms with Gasteiger partial charge < -0.3 is 9.88 Å². The number of carbonyl (C=O) groups is 1. The zero-order chi connectivity index (χ0) is 15.6. The Labute approximate surface area is 117 Å². The summed E-state index contributed by atoms with van der Waals surface area (Å²) in [6.45, 7) is 0. The minimum absolute atomic E-state index is 0.00107. The van der Waals surface area contributed by atoms with Gasteiger partial charge in [0.1, 0.15) is 11.8 Å². The van der Waals surface area contributed by atoms with Crippen LogP contribution < -0.4 is 5.32 Å². The van der Waals surface area contributed by atoms with Crippen LogP contribution >= 0.6 is 0 Å². The molecule has 2 aromatic rings. The van der Waals surface area contributed by atoms with Gasteiger partial charge in [0.25, 0.3) is 5.91 Å². The van der Waals surface area contributed by atoms with E-state index in [0.29, 0.717) is 6.07 Å². The van der Waals surface area contributed by atoms with Gasteiger partial charge in [-0.05, 0) is 18.2 Å². The summed E-state index contributed by atoms with van der Waals surface area (Å²) < 4.78 is 39.2. The summed E-state index contributed by atoms with van der Waals surface area (Å²) in [5, 5.41) is 11.3. The Hall–Kier alpha value is -2.82. The van der Waals surface area contributed by atoms with Gasteiger partial charge in [0.05, 0.1) is 23.1 Å². The van der Waals surface area contributed by atoms with E-state index in [1.165, 1.54) is 12.5 Å². The lowest BCUT2D eigenvalue weighted by molar-refractivity contribution is -0.137. The molecule has 2 rings (SSSR count). The first-order chi connectivity index (χ1) is 9.81. The Kier molecular flexibility index (Phi) is 3.67. The summed E-state index contributed by atoms with van der Waals surface area (Å²) >= 11 is 0. The van der Waals surface area contributed by atoms with Crippen LogP contribution in [0.25, 0.3) is 0 Å². The fourth-order valence-corrected chi connectivity index (χ4v) is 1.64. The van der Waals surface area contributed by atoms with Crippen LogP contribution in [-0.4, -0.2) is 15.5 Å². The van der Waals surface area contributed by atoms with Gasteiger partial charge in [-0.25, -0.2) is 4.98 Å². The highest BCUT2D eigenvalue weighted by molar-refractivity contribution is 6.03. The van der Waals surface area contributed by atoms with Crippen LogP contribution in [0.5, 0.6) is 0 Å². The van der Waals surface area contributed by atoms with E-state index in [0.717, 1.165) is 12.1 Å². The average Bonchev–Trinajstić information content (AvgIpc) is 2.84. The number of halogens is 3. The smallest absolute Gasteiger partial charge is 0.340 e. The highest BCUT2D eigenvalue weighted by Gasteiger charge is 2.31. The Morgan fingerprint density at radius 2 is 2.14 bits per heavy atom. The molecule has 1 heterocycles. The maximum absolute atomic E-state index is 12.6. The number of imidazole rings is 1. The lowest BCUT2D eigenvalue weighted by Crippen LogP contribution is -2.14. The van der Waals surface area contributed by atoms with Gasteiger partial charge in [-0.1, -0.05) is 0 Å². The van der Waals surface area contributed by atoms with Gasteiger partial charge in [0, 0.05) is 13.2 Å². The van der Waals surface area contributed by atoms with E-state index < -0.39 is 17.6 Å². The summed E-state index contributed by atoms with van der Waals surface area (Å²) in [4.78, 5) is 15.7. The lowest BCUT2D eigenvalue weighted by atomic mass is 10.1. The van der Waals surface area contributed by atoms with Gasteiger partial charge in [-0.2, -0.15) is 18.4 Å². The van der Waals surface area contributed by atoms with Crippen molar-refractivity contribution in [2.75, 3.05) is 5.32 Å². The fourth-order valence-electron chi connectivity index (χ4n) is 1.64. The monoisotopic (exact) mass is 294 g/mol. The largest absolute Gasteiger partial charge is 0.416 e. The number of nitrogens with zero attached hydrogens (tertiary/aromatic N) is 3. The Morgan fingerprint density at radius 1 is 1.43 bits per heavy atom. The van der Waals surface area contributed by atoms with Crippen molar-refractivity contribution in [1.82, 2.24) is 9.55 Å². The number of nitriles is 1. The van der Waals surface area contributed by atoms with E-state index in [1.54, 1.807) is 17.7 Å². The van der Waals surface area contributed by atoms with Gasteiger partial charge >= 0.3 is 6.18 Å². The Morgan fingerprint density at radius 3 is 2.67 bits per heavy atom. The second kappa shape index (κ2) is 5.28. The van der Waals surface area contributed by atoms with Crippen molar-refractivity contribution >= 4 is 11.6 Å². The molecule has 8 heteroatoms. The van der Waals surface area contributed by atoms with Crippen molar-refractivity contribution in [3.05, 3.63) is 47.5 Å². The zero-order valence-corrected chi connectivity index (χ0v) is 10.8. The second-order valence-electron chi connectivity index (χ2n) is 4.25. The molecule has 1 N–H and O–H groups in total. The first-order valence-electron chi connectivity index (χ1n) is 5.72. The van der Waals surface area contributed by atoms with Crippen LogP contribution in [0.15, 0.2) is 30.7 Å². The molecular formula is C13H9F3N4O. The van der Waals surface area contributed by atoms with Crippen molar-refractivity contribution in [2.45, 2.75) is 6.18 Å². The number of rotatable bonds is 2. The molecule has 0 aliphatic heterocycles. The number of aryl methyl sites for hydroxylation is 1. The highest BCUT2D eigenvalue weighted by Crippen LogP contribution is 2.31. The molecule has 0 spiro atoms. The van der Waals surface area contributed by atoms with Crippen molar-refractivity contribution in [3.8, 4) is 6.07 Å². The summed E-state index contributed by atoms with van der Waals surface area (Å²) in [7, 11) is 1.67. The van der Waals surface area contributed by atoms with Crippen molar-refractivity contribution < 1.29 is 18.0 Å². The molecule has 108 valence electrons.